The van der Waals surface area contributed by atoms with Crippen LogP contribution < -0.4 is 10.1 Å². The Morgan fingerprint density at radius 1 is 1.25 bits per heavy atom. The highest BCUT2D eigenvalue weighted by Gasteiger charge is 2.10. The number of nitrogens with one attached hydrogen (secondary N) is 1. The van der Waals surface area contributed by atoms with Crippen molar-refractivity contribution in [2.24, 2.45) is 0 Å². The molecule has 0 radical (unpaired) electrons. The average molecular weight is 307 g/mol. The average Bonchev–Trinajstić information content (AvgIpc) is 2.38. The fourth-order valence-electron chi connectivity index (χ4n) is 1.63. The molecule has 20 heavy (non-hydrogen) atoms. The van der Waals surface area contributed by atoms with E-state index in [2.05, 4.69) is 10.1 Å². The van der Waals surface area contributed by atoms with Crippen molar-refractivity contribution in [3.05, 3.63) is 29.8 Å². The van der Waals surface area contributed by atoms with Gasteiger partial charge >= 0.3 is 6.61 Å². The van der Waals surface area contributed by atoms with Crippen molar-refractivity contribution in [3.8, 4) is 5.75 Å². The Morgan fingerprint density at radius 2 is 1.85 bits per heavy atom. The number of halogens is 2. The summed E-state index contributed by atoms with van der Waals surface area (Å²) in [5.41, 5.74) is 0.875. The Kier molecular flexibility index (Phi) is 6.35. The molecule has 0 spiro atoms. The molecule has 0 bridgehead atoms. The van der Waals surface area contributed by atoms with E-state index in [0.29, 0.717) is 6.54 Å². The smallest absolute Gasteiger partial charge is 0.387 e. The van der Waals surface area contributed by atoms with E-state index in [-0.39, 0.29) is 23.3 Å². The van der Waals surface area contributed by atoms with Gasteiger partial charge in [0.2, 0.25) is 0 Å². The Hall–Kier alpha value is -1.21. The first kappa shape index (κ1) is 16.8. The standard InChI is InChI=1S/C13H19F2NO3S/c1-3-20(17,18)9-8-16-10(2)11-4-6-12(7-5-11)19-13(14)15/h4-7,10,13,16H,3,8-9H2,1-2H3. The van der Waals surface area contributed by atoms with Gasteiger partial charge in [-0.05, 0) is 24.6 Å². The van der Waals surface area contributed by atoms with E-state index in [1.54, 1.807) is 19.1 Å². The minimum absolute atomic E-state index is 0.0670. The fourth-order valence-corrected chi connectivity index (χ4v) is 2.35. The predicted molar refractivity (Wildman–Crippen MR) is 73.8 cm³/mol. The summed E-state index contributed by atoms with van der Waals surface area (Å²) in [6.07, 6.45) is 0. The van der Waals surface area contributed by atoms with Crippen molar-refractivity contribution in [1.82, 2.24) is 5.32 Å². The van der Waals surface area contributed by atoms with Gasteiger partial charge < -0.3 is 10.1 Å². The molecule has 0 aliphatic carbocycles. The molecule has 0 aliphatic rings. The lowest BCUT2D eigenvalue weighted by molar-refractivity contribution is -0.0498. The lowest BCUT2D eigenvalue weighted by atomic mass is 10.1. The zero-order chi connectivity index (χ0) is 15.2. The molecule has 1 unspecified atom stereocenters. The monoisotopic (exact) mass is 307 g/mol. The number of ether oxygens (including phenoxy) is 1. The van der Waals surface area contributed by atoms with Crippen molar-refractivity contribution >= 4 is 9.84 Å². The third-order valence-electron chi connectivity index (χ3n) is 2.91. The topological polar surface area (TPSA) is 55.4 Å². The highest BCUT2D eigenvalue weighted by molar-refractivity contribution is 7.91. The molecule has 0 saturated carbocycles. The Morgan fingerprint density at radius 3 is 2.35 bits per heavy atom. The fraction of sp³-hybridized carbons (Fsp3) is 0.538. The van der Waals surface area contributed by atoms with E-state index in [1.165, 1.54) is 12.1 Å². The van der Waals surface area contributed by atoms with Crippen molar-refractivity contribution in [2.75, 3.05) is 18.1 Å². The molecular formula is C13H19F2NO3S. The molecule has 1 N–H and O–H groups in total. The molecule has 114 valence electrons. The summed E-state index contributed by atoms with van der Waals surface area (Å²) < 4.78 is 50.9. The van der Waals surface area contributed by atoms with Gasteiger partial charge in [0.1, 0.15) is 5.75 Å². The van der Waals surface area contributed by atoms with Gasteiger partial charge in [-0.25, -0.2) is 8.42 Å². The second kappa shape index (κ2) is 7.54. The third kappa shape index (κ3) is 5.83. The summed E-state index contributed by atoms with van der Waals surface area (Å²) in [5.74, 6) is 0.313. The van der Waals surface area contributed by atoms with E-state index >= 15 is 0 Å². The summed E-state index contributed by atoms with van der Waals surface area (Å²) in [4.78, 5) is 0. The lowest BCUT2D eigenvalue weighted by Gasteiger charge is -2.14. The molecule has 0 fully saturated rings. The highest BCUT2D eigenvalue weighted by atomic mass is 32.2. The summed E-state index contributed by atoms with van der Waals surface area (Å²) in [7, 11) is -2.98. The SMILES string of the molecule is CCS(=O)(=O)CCNC(C)c1ccc(OC(F)F)cc1. The maximum Gasteiger partial charge on any atom is 0.387 e. The van der Waals surface area contributed by atoms with Crippen molar-refractivity contribution < 1.29 is 21.9 Å². The van der Waals surface area contributed by atoms with Gasteiger partial charge in [-0.3, -0.25) is 0 Å². The number of hydrogen-bond donors (Lipinski definition) is 1. The molecule has 1 atom stereocenters. The van der Waals surface area contributed by atoms with Gasteiger partial charge in [-0.15, -0.1) is 0 Å². The molecule has 4 nitrogen and oxygen atoms in total. The maximum absolute atomic E-state index is 12.0. The van der Waals surface area contributed by atoms with Crippen LogP contribution in [0.25, 0.3) is 0 Å². The molecule has 1 rings (SSSR count). The normalized spacial score (nSPS) is 13.4. The van der Waals surface area contributed by atoms with E-state index < -0.39 is 16.4 Å². The van der Waals surface area contributed by atoms with Crippen LogP contribution >= 0.6 is 0 Å². The van der Waals surface area contributed by atoms with Gasteiger partial charge in [-0.2, -0.15) is 8.78 Å². The van der Waals surface area contributed by atoms with Gasteiger partial charge in [0.05, 0.1) is 5.75 Å². The van der Waals surface area contributed by atoms with Crippen molar-refractivity contribution in [1.29, 1.82) is 0 Å². The maximum atomic E-state index is 12.0. The summed E-state index contributed by atoms with van der Waals surface area (Å²) >= 11 is 0. The van der Waals surface area contributed by atoms with Crippen LogP contribution in [0.15, 0.2) is 24.3 Å². The highest BCUT2D eigenvalue weighted by Crippen LogP contribution is 2.18. The van der Waals surface area contributed by atoms with Gasteiger partial charge in [0, 0.05) is 18.3 Å². The molecule has 1 aromatic carbocycles. The molecule has 7 heteroatoms. The number of hydrogen-bond acceptors (Lipinski definition) is 4. The largest absolute Gasteiger partial charge is 0.435 e. The second-order valence-corrected chi connectivity index (χ2v) is 6.83. The Bertz CT molecular complexity index is 503. The van der Waals surface area contributed by atoms with Crippen LogP contribution in [0, 0.1) is 0 Å². The molecule has 0 heterocycles. The molecule has 0 amide bonds. The van der Waals surface area contributed by atoms with Crippen LogP contribution in [0.3, 0.4) is 0 Å². The summed E-state index contributed by atoms with van der Waals surface area (Å²) in [6, 6.07) is 6.20. The van der Waals surface area contributed by atoms with Crippen LogP contribution in [0.1, 0.15) is 25.5 Å². The quantitative estimate of drug-likeness (QED) is 0.801. The lowest BCUT2D eigenvalue weighted by Crippen LogP contribution is -2.26. The van der Waals surface area contributed by atoms with Crippen molar-refractivity contribution in [2.45, 2.75) is 26.5 Å². The van der Waals surface area contributed by atoms with E-state index in [9.17, 15) is 17.2 Å². The second-order valence-electron chi connectivity index (χ2n) is 4.36. The van der Waals surface area contributed by atoms with Crippen LogP contribution in [-0.4, -0.2) is 33.1 Å². The number of benzene rings is 1. The molecule has 0 aromatic heterocycles. The first-order valence-electron chi connectivity index (χ1n) is 6.32. The Balaban J connectivity index is 2.49. The van der Waals surface area contributed by atoms with Crippen LogP contribution in [-0.2, 0) is 9.84 Å². The van der Waals surface area contributed by atoms with Crippen molar-refractivity contribution in [3.63, 3.8) is 0 Å². The Labute approximate surface area is 118 Å². The van der Waals surface area contributed by atoms with Crippen LogP contribution in [0.2, 0.25) is 0 Å². The first-order valence-corrected chi connectivity index (χ1v) is 8.15. The minimum atomic E-state index is -2.98. The van der Waals surface area contributed by atoms with E-state index in [4.69, 9.17) is 0 Å². The van der Waals surface area contributed by atoms with Crippen LogP contribution in [0.4, 0.5) is 8.78 Å². The van der Waals surface area contributed by atoms with E-state index in [1.807, 2.05) is 6.92 Å². The predicted octanol–water partition coefficient (Wildman–Crippen LogP) is 2.37. The van der Waals surface area contributed by atoms with Gasteiger partial charge in [0.25, 0.3) is 0 Å². The molecular weight excluding hydrogens is 288 g/mol. The number of rotatable bonds is 8. The molecule has 0 saturated heterocycles. The van der Waals surface area contributed by atoms with Gasteiger partial charge in [0.15, 0.2) is 9.84 Å². The summed E-state index contributed by atoms with van der Waals surface area (Å²) in [6.45, 7) is 1.00. The first-order chi connectivity index (χ1) is 9.34. The summed E-state index contributed by atoms with van der Waals surface area (Å²) in [5, 5.41) is 3.08. The van der Waals surface area contributed by atoms with Crippen LogP contribution in [0.5, 0.6) is 5.75 Å². The molecule has 0 aliphatic heterocycles. The molecule has 1 aromatic rings. The van der Waals surface area contributed by atoms with Gasteiger partial charge in [-0.1, -0.05) is 19.1 Å². The number of alkyl halides is 2. The minimum Gasteiger partial charge on any atom is -0.435 e. The zero-order valence-electron chi connectivity index (χ0n) is 11.5. The third-order valence-corrected chi connectivity index (χ3v) is 4.61. The number of sulfone groups is 1. The zero-order valence-corrected chi connectivity index (χ0v) is 12.3. The van der Waals surface area contributed by atoms with E-state index in [0.717, 1.165) is 5.56 Å².